The molecule has 2 aliphatic rings. The minimum Gasteiger partial charge on any atom is -0.492 e. The molecule has 4 rings (SSSR count). The van der Waals surface area contributed by atoms with Crippen LogP contribution in [0.1, 0.15) is 49.9 Å². The Labute approximate surface area is 167 Å². The third kappa shape index (κ3) is 4.23. The van der Waals surface area contributed by atoms with Crippen LogP contribution in [-0.4, -0.2) is 17.5 Å². The van der Waals surface area contributed by atoms with Crippen molar-refractivity contribution >= 4 is 5.91 Å². The lowest BCUT2D eigenvalue weighted by Crippen LogP contribution is -2.29. The Morgan fingerprint density at radius 3 is 2.52 bits per heavy atom. The molecule has 7 heteroatoms. The summed E-state index contributed by atoms with van der Waals surface area (Å²) >= 11 is 0. The van der Waals surface area contributed by atoms with E-state index in [9.17, 15) is 18.0 Å². The summed E-state index contributed by atoms with van der Waals surface area (Å²) in [5.41, 5.74) is 0.447. The Morgan fingerprint density at radius 1 is 1.24 bits per heavy atom. The molecular weight excluding hydrogens is 381 g/mol. The quantitative estimate of drug-likeness (QED) is 0.739. The predicted octanol–water partition coefficient (Wildman–Crippen LogP) is 4.51. The summed E-state index contributed by atoms with van der Waals surface area (Å²) in [6, 6.07) is 4.55. The molecule has 1 amide bonds. The fourth-order valence-corrected chi connectivity index (χ4v) is 3.79. The summed E-state index contributed by atoms with van der Waals surface area (Å²) in [5, 5.41) is 2.86. The van der Waals surface area contributed by atoms with E-state index in [4.69, 9.17) is 4.74 Å². The van der Waals surface area contributed by atoms with Gasteiger partial charge in [-0.1, -0.05) is 6.92 Å². The summed E-state index contributed by atoms with van der Waals surface area (Å²) in [7, 11) is 0. The van der Waals surface area contributed by atoms with E-state index >= 15 is 0 Å². The highest BCUT2D eigenvalue weighted by Crippen LogP contribution is 2.55. The number of carbonyl (C=O) groups excluding carboxylic acids is 1. The molecule has 154 valence electrons. The summed E-state index contributed by atoms with van der Waals surface area (Å²) in [6.45, 7) is 4.25. The molecule has 0 spiro atoms. The summed E-state index contributed by atoms with van der Waals surface area (Å²) in [6.07, 6.45) is 4.05. The van der Waals surface area contributed by atoms with Crippen molar-refractivity contribution in [3.05, 3.63) is 59.2 Å². The van der Waals surface area contributed by atoms with Crippen molar-refractivity contribution in [1.82, 2.24) is 10.3 Å². The van der Waals surface area contributed by atoms with E-state index in [0.29, 0.717) is 36.1 Å². The third-order valence-electron chi connectivity index (χ3n) is 5.80. The van der Waals surface area contributed by atoms with E-state index in [1.54, 1.807) is 26.1 Å². The van der Waals surface area contributed by atoms with Gasteiger partial charge in [0.1, 0.15) is 23.2 Å². The molecule has 2 saturated carbocycles. The minimum atomic E-state index is -0.970. The molecule has 1 heterocycles. The topological polar surface area (TPSA) is 51.2 Å². The second-order valence-electron chi connectivity index (χ2n) is 8.10. The molecule has 0 saturated heterocycles. The van der Waals surface area contributed by atoms with Crippen LogP contribution in [0, 0.1) is 35.2 Å². The molecule has 0 radical (unpaired) electrons. The standard InChI is InChI=1S/C22H23F3N2O2/c1-11-19(21-16(24)7-14(23)8-17(21)25)20(11)22(28)27-12(2)18-6-5-15(9-26-18)29-10-13-3-4-13/h5-9,11-13,19-20H,3-4,10H2,1-2H3,(H,27,28)/t11-,12-,19-,20-/m1/s1. The fraction of sp³-hybridized carbons (Fsp3) is 0.455. The largest absolute Gasteiger partial charge is 0.492 e. The normalized spacial score (nSPS) is 24.1. The average Bonchev–Trinajstić information content (AvgIpc) is 3.58. The highest BCUT2D eigenvalue weighted by Gasteiger charge is 2.54. The van der Waals surface area contributed by atoms with E-state index in [1.165, 1.54) is 12.8 Å². The van der Waals surface area contributed by atoms with Crippen molar-refractivity contribution in [2.45, 2.75) is 38.6 Å². The number of halogens is 3. The van der Waals surface area contributed by atoms with Crippen molar-refractivity contribution < 1.29 is 22.7 Å². The molecular formula is C22H23F3N2O2. The Hall–Kier alpha value is -2.57. The maximum absolute atomic E-state index is 14.1. The Morgan fingerprint density at radius 2 is 1.93 bits per heavy atom. The van der Waals surface area contributed by atoms with Gasteiger partial charge in [-0.25, -0.2) is 13.2 Å². The number of aromatic nitrogens is 1. The van der Waals surface area contributed by atoms with E-state index in [0.717, 1.165) is 0 Å². The molecule has 1 aromatic heterocycles. The zero-order chi connectivity index (χ0) is 20.7. The number of amides is 1. The average molecular weight is 404 g/mol. The van der Waals surface area contributed by atoms with Crippen molar-refractivity contribution in [1.29, 1.82) is 0 Å². The lowest BCUT2D eigenvalue weighted by atomic mass is 10.1. The molecule has 0 aliphatic heterocycles. The first kappa shape index (κ1) is 19.7. The first-order chi connectivity index (χ1) is 13.8. The molecule has 2 fully saturated rings. The maximum Gasteiger partial charge on any atom is 0.224 e. The molecule has 2 aliphatic carbocycles. The van der Waals surface area contributed by atoms with Crippen LogP contribution in [0.3, 0.4) is 0 Å². The van der Waals surface area contributed by atoms with E-state index in [2.05, 4.69) is 10.3 Å². The van der Waals surface area contributed by atoms with Crippen molar-refractivity contribution in [2.24, 2.45) is 17.8 Å². The summed E-state index contributed by atoms with van der Waals surface area (Å²) < 4.78 is 46.9. The Bertz CT molecular complexity index is 892. The highest BCUT2D eigenvalue weighted by atomic mass is 19.1. The Kier molecular flexibility index (Phi) is 5.23. The molecule has 4 nitrogen and oxygen atoms in total. The lowest BCUT2D eigenvalue weighted by Gasteiger charge is -2.14. The van der Waals surface area contributed by atoms with Crippen molar-refractivity contribution in [3.8, 4) is 5.75 Å². The van der Waals surface area contributed by atoms with Crippen LogP contribution in [-0.2, 0) is 4.79 Å². The molecule has 29 heavy (non-hydrogen) atoms. The van der Waals surface area contributed by atoms with Crippen molar-refractivity contribution in [3.63, 3.8) is 0 Å². The van der Waals surface area contributed by atoms with Gasteiger partial charge in [-0.05, 0) is 43.7 Å². The van der Waals surface area contributed by atoms with Gasteiger partial charge in [0.05, 0.1) is 24.5 Å². The second kappa shape index (κ2) is 7.69. The van der Waals surface area contributed by atoms with Crippen molar-refractivity contribution in [2.75, 3.05) is 6.61 Å². The first-order valence-corrected chi connectivity index (χ1v) is 9.88. The molecule has 1 aromatic carbocycles. The third-order valence-corrected chi connectivity index (χ3v) is 5.80. The van der Waals surface area contributed by atoms with Gasteiger partial charge in [-0.15, -0.1) is 0 Å². The molecule has 0 bridgehead atoms. The molecule has 4 atom stereocenters. The van der Waals surface area contributed by atoms with Gasteiger partial charge >= 0.3 is 0 Å². The van der Waals surface area contributed by atoms with Gasteiger partial charge in [0.15, 0.2) is 0 Å². The molecule has 2 aromatic rings. The van der Waals surface area contributed by atoms with Gasteiger partial charge < -0.3 is 10.1 Å². The number of carbonyl (C=O) groups is 1. The number of rotatable bonds is 7. The number of nitrogens with one attached hydrogen (secondary N) is 1. The number of benzene rings is 1. The number of pyridine rings is 1. The monoisotopic (exact) mass is 404 g/mol. The van der Waals surface area contributed by atoms with Crippen LogP contribution >= 0.6 is 0 Å². The van der Waals surface area contributed by atoms with Gasteiger partial charge in [0, 0.05) is 29.5 Å². The summed E-state index contributed by atoms with van der Waals surface area (Å²) in [5.74, 6) is -3.23. The first-order valence-electron chi connectivity index (χ1n) is 9.88. The lowest BCUT2D eigenvalue weighted by molar-refractivity contribution is -0.123. The van der Waals surface area contributed by atoms with Gasteiger partial charge in [-0.2, -0.15) is 0 Å². The second-order valence-corrected chi connectivity index (χ2v) is 8.10. The van der Waals surface area contributed by atoms with Gasteiger partial charge in [0.25, 0.3) is 0 Å². The van der Waals surface area contributed by atoms with E-state index < -0.39 is 29.3 Å². The molecule has 1 N–H and O–H groups in total. The van der Waals surface area contributed by atoms with Crippen LogP contribution in [0.4, 0.5) is 13.2 Å². The van der Waals surface area contributed by atoms with Crippen LogP contribution < -0.4 is 10.1 Å². The zero-order valence-corrected chi connectivity index (χ0v) is 16.3. The number of nitrogens with zero attached hydrogens (tertiary/aromatic N) is 1. The van der Waals surface area contributed by atoms with Crippen LogP contribution in [0.15, 0.2) is 30.5 Å². The van der Waals surface area contributed by atoms with E-state index in [1.807, 2.05) is 6.07 Å². The SMILES string of the molecule is C[C@H]1[C@@H](C(=O)N[C@H](C)c2ccc(OCC3CC3)cn2)[C@@H]1c1c(F)cc(F)cc1F. The van der Waals surface area contributed by atoms with Crippen LogP contribution in [0.5, 0.6) is 5.75 Å². The van der Waals surface area contributed by atoms with E-state index in [-0.39, 0.29) is 23.4 Å². The number of ether oxygens (including phenoxy) is 1. The number of hydrogen-bond acceptors (Lipinski definition) is 3. The minimum absolute atomic E-state index is 0.220. The molecule has 0 unspecified atom stereocenters. The Balaban J connectivity index is 1.37. The summed E-state index contributed by atoms with van der Waals surface area (Å²) in [4.78, 5) is 17.0. The van der Waals surface area contributed by atoms with Gasteiger partial charge in [0.2, 0.25) is 5.91 Å². The maximum atomic E-state index is 14.1. The van der Waals surface area contributed by atoms with Crippen LogP contribution in [0.25, 0.3) is 0 Å². The van der Waals surface area contributed by atoms with Gasteiger partial charge in [-0.3, -0.25) is 9.78 Å². The fourth-order valence-electron chi connectivity index (χ4n) is 3.79. The zero-order valence-electron chi connectivity index (χ0n) is 16.3. The smallest absolute Gasteiger partial charge is 0.224 e. The predicted molar refractivity (Wildman–Crippen MR) is 101 cm³/mol. The van der Waals surface area contributed by atoms with Crippen LogP contribution in [0.2, 0.25) is 0 Å². The highest BCUT2D eigenvalue weighted by molar-refractivity contribution is 5.84. The number of hydrogen-bond donors (Lipinski definition) is 1.